The second-order valence-corrected chi connectivity index (χ2v) is 5.51. The highest BCUT2D eigenvalue weighted by molar-refractivity contribution is 6.30. The van der Waals surface area contributed by atoms with Crippen molar-refractivity contribution >= 4 is 11.6 Å². The van der Waals surface area contributed by atoms with Gasteiger partial charge in [-0.1, -0.05) is 30.2 Å². The molecule has 1 atom stereocenters. The molecular formula is C14H20ClN. The van der Waals surface area contributed by atoms with Crippen LogP contribution >= 0.6 is 11.6 Å². The predicted molar refractivity (Wildman–Crippen MR) is 70.0 cm³/mol. The smallest absolute Gasteiger partial charge is 0.0406 e. The zero-order valence-electron chi connectivity index (χ0n) is 9.93. The third-order valence-corrected chi connectivity index (χ3v) is 3.84. The van der Waals surface area contributed by atoms with Crippen LogP contribution < -0.4 is 5.32 Å². The van der Waals surface area contributed by atoms with E-state index in [1.807, 2.05) is 12.1 Å². The van der Waals surface area contributed by atoms with Crippen molar-refractivity contribution in [1.82, 2.24) is 5.32 Å². The van der Waals surface area contributed by atoms with Crippen LogP contribution in [-0.2, 0) is 6.42 Å². The fourth-order valence-electron chi connectivity index (χ4n) is 2.40. The molecule has 88 valence electrons. The van der Waals surface area contributed by atoms with Gasteiger partial charge in [0.05, 0.1) is 0 Å². The minimum absolute atomic E-state index is 0.345. The Labute approximate surface area is 103 Å². The highest BCUT2D eigenvalue weighted by atomic mass is 35.5. The van der Waals surface area contributed by atoms with E-state index in [1.165, 1.54) is 37.8 Å². The third-order valence-electron chi connectivity index (χ3n) is 3.59. The van der Waals surface area contributed by atoms with Gasteiger partial charge >= 0.3 is 0 Å². The maximum Gasteiger partial charge on any atom is 0.0406 e. The van der Waals surface area contributed by atoms with E-state index in [-0.39, 0.29) is 0 Å². The molecule has 1 aliphatic heterocycles. The van der Waals surface area contributed by atoms with E-state index < -0.39 is 0 Å². The molecule has 2 heteroatoms. The second kappa shape index (κ2) is 5.20. The minimum Gasteiger partial charge on any atom is -0.312 e. The fourth-order valence-corrected chi connectivity index (χ4v) is 2.53. The summed E-state index contributed by atoms with van der Waals surface area (Å²) in [7, 11) is 0. The Morgan fingerprint density at radius 2 is 2.00 bits per heavy atom. The van der Waals surface area contributed by atoms with Gasteiger partial charge in [-0.3, -0.25) is 0 Å². The molecular weight excluding hydrogens is 218 g/mol. The normalized spacial score (nSPS) is 25.6. The van der Waals surface area contributed by atoms with E-state index in [0.29, 0.717) is 5.54 Å². The Balaban J connectivity index is 1.88. The van der Waals surface area contributed by atoms with E-state index in [2.05, 4.69) is 24.4 Å². The minimum atomic E-state index is 0.345. The van der Waals surface area contributed by atoms with Crippen LogP contribution in [0, 0.1) is 0 Å². The molecule has 1 aliphatic rings. The van der Waals surface area contributed by atoms with Crippen molar-refractivity contribution in [3.8, 4) is 0 Å². The number of hydrogen-bond acceptors (Lipinski definition) is 1. The molecule has 0 amide bonds. The molecule has 1 fully saturated rings. The highest BCUT2D eigenvalue weighted by Crippen LogP contribution is 2.24. The van der Waals surface area contributed by atoms with Crippen molar-refractivity contribution < 1.29 is 0 Å². The van der Waals surface area contributed by atoms with Crippen molar-refractivity contribution in [2.45, 2.75) is 44.6 Å². The fraction of sp³-hybridized carbons (Fsp3) is 0.571. The number of piperidine rings is 1. The predicted octanol–water partition coefficient (Wildman–Crippen LogP) is 3.80. The lowest BCUT2D eigenvalue weighted by Crippen LogP contribution is -2.46. The summed E-state index contributed by atoms with van der Waals surface area (Å²) in [6.45, 7) is 3.53. The lowest BCUT2D eigenvalue weighted by atomic mass is 9.85. The molecule has 0 bridgehead atoms. The molecule has 1 unspecified atom stereocenters. The van der Waals surface area contributed by atoms with Gasteiger partial charge in [-0.2, -0.15) is 0 Å². The number of benzene rings is 1. The molecule has 0 aliphatic carbocycles. The van der Waals surface area contributed by atoms with Crippen LogP contribution in [0.4, 0.5) is 0 Å². The first-order valence-corrected chi connectivity index (χ1v) is 6.55. The Bertz CT molecular complexity index is 325. The molecule has 1 nitrogen and oxygen atoms in total. The summed E-state index contributed by atoms with van der Waals surface area (Å²) in [5.74, 6) is 0. The monoisotopic (exact) mass is 237 g/mol. The van der Waals surface area contributed by atoms with Gasteiger partial charge in [-0.05, 0) is 56.8 Å². The van der Waals surface area contributed by atoms with Gasteiger partial charge in [-0.15, -0.1) is 0 Å². The SMILES string of the molecule is CC1(CCc2ccc(Cl)cc2)CCCCN1. The lowest BCUT2D eigenvalue weighted by molar-refractivity contribution is 0.261. The molecule has 16 heavy (non-hydrogen) atoms. The maximum absolute atomic E-state index is 5.88. The van der Waals surface area contributed by atoms with Crippen molar-refractivity contribution in [2.24, 2.45) is 0 Å². The van der Waals surface area contributed by atoms with Crippen LogP contribution in [0.25, 0.3) is 0 Å². The van der Waals surface area contributed by atoms with E-state index >= 15 is 0 Å². The zero-order valence-corrected chi connectivity index (χ0v) is 10.7. The third kappa shape index (κ3) is 3.23. The van der Waals surface area contributed by atoms with Gasteiger partial charge in [0.25, 0.3) is 0 Å². The van der Waals surface area contributed by atoms with Gasteiger partial charge in [0.15, 0.2) is 0 Å². The van der Waals surface area contributed by atoms with E-state index in [4.69, 9.17) is 11.6 Å². The van der Waals surface area contributed by atoms with Gasteiger partial charge in [0.2, 0.25) is 0 Å². The van der Waals surface area contributed by atoms with Crippen LogP contribution in [-0.4, -0.2) is 12.1 Å². The van der Waals surface area contributed by atoms with Crippen molar-refractivity contribution in [3.05, 3.63) is 34.9 Å². The Morgan fingerprint density at radius 1 is 1.25 bits per heavy atom. The van der Waals surface area contributed by atoms with Gasteiger partial charge < -0.3 is 5.32 Å². The Kier molecular flexibility index (Phi) is 3.88. The average Bonchev–Trinajstić information content (AvgIpc) is 2.29. The van der Waals surface area contributed by atoms with Gasteiger partial charge in [0.1, 0.15) is 0 Å². The molecule has 0 aromatic heterocycles. The Hall–Kier alpha value is -0.530. The quantitative estimate of drug-likeness (QED) is 0.843. The van der Waals surface area contributed by atoms with Gasteiger partial charge in [-0.25, -0.2) is 0 Å². The Morgan fingerprint density at radius 3 is 2.62 bits per heavy atom. The lowest BCUT2D eigenvalue weighted by Gasteiger charge is -2.35. The molecule has 0 saturated carbocycles. The summed E-state index contributed by atoms with van der Waals surface area (Å²) in [6.07, 6.45) is 6.36. The summed E-state index contributed by atoms with van der Waals surface area (Å²) >= 11 is 5.88. The molecule has 1 heterocycles. The van der Waals surface area contributed by atoms with Crippen LogP contribution in [0.5, 0.6) is 0 Å². The van der Waals surface area contributed by atoms with E-state index in [0.717, 1.165) is 11.4 Å². The van der Waals surface area contributed by atoms with Crippen LogP contribution in [0.1, 0.15) is 38.2 Å². The molecule has 1 aromatic rings. The van der Waals surface area contributed by atoms with E-state index in [1.54, 1.807) is 0 Å². The number of aryl methyl sites for hydroxylation is 1. The number of rotatable bonds is 3. The average molecular weight is 238 g/mol. The first-order valence-electron chi connectivity index (χ1n) is 6.17. The van der Waals surface area contributed by atoms with Gasteiger partial charge in [0, 0.05) is 10.6 Å². The summed E-state index contributed by atoms with van der Waals surface area (Å²) in [6, 6.07) is 8.23. The summed E-state index contributed by atoms with van der Waals surface area (Å²) in [4.78, 5) is 0. The summed E-state index contributed by atoms with van der Waals surface area (Å²) in [5, 5.41) is 4.48. The first kappa shape index (κ1) is 11.9. The molecule has 0 spiro atoms. The van der Waals surface area contributed by atoms with Crippen LogP contribution in [0.2, 0.25) is 5.02 Å². The van der Waals surface area contributed by atoms with Crippen LogP contribution in [0.15, 0.2) is 24.3 Å². The number of halogens is 1. The van der Waals surface area contributed by atoms with Crippen LogP contribution in [0.3, 0.4) is 0 Å². The topological polar surface area (TPSA) is 12.0 Å². The number of nitrogens with one attached hydrogen (secondary N) is 1. The van der Waals surface area contributed by atoms with Crippen molar-refractivity contribution in [2.75, 3.05) is 6.54 Å². The largest absolute Gasteiger partial charge is 0.312 e. The number of hydrogen-bond donors (Lipinski definition) is 1. The zero-order chi connectivity index (χ0) is 11.4. The van der Waals surface area contributed by atoms with Crippen molar-refractivity contribution in [1.29, 1.82) is 0 Å². The van der Waals surface area contributed by atoms with E-state index in [9.17, 15) is 0 Å². The molecule has 1 saturated heterocycles. The molecule has 0 radical (unpaired) electrons. The van der Waals surface area contributed by atoms with Crippen molar-refractivity contribution in [3.63, 3.8) is 0 Å². The molecule has 2 rings (SSSR count). The second-order valence-electron chi connectivity index (χ2n) is 5.07. The maximum atomic E-state index is 5.88. The standard InChI is InChI=1S/C14H20ClN/c1-14(9-2-3-11-16-14)10-8-12-4-6-13(15)7-5-12/h4-7,16H,2-3,8-11H2,1H3. The first-order chi connectivity index (χ1) is 7.68. The molecule has 1 N–H and O–H groups in total. The summed E-state index contributed by atoms with van der Waals surface area (Å²) < 4.78 is 0. The highest BCUT2D eigenvalue weighted by Gasteiger charge is 2.25. The molecule has 1 aromatic carbocycles. The summed E-state index contributed by atoms with van der Waals surface area (Å²) in [5.41, 5.74) is 1.73.